The van der Waals surface area contributed by atoms with Crippen molar-refractivity contribution < 1.29 is 0 Å². The molecule has 4 rings (SSSR count). The van der Waals surface area contributed by atoms with Crippen LogP contribution in [0.2, 0.25) is 5.02 Å². The Labute approximate surface area is 151 Å². The van der Waals surface area contributed by atoms with E-state index in [0.717, 1.165) is 48.5 Å². The lowest BCUT2D eigenvalue weighted by Crippen LogP contribution is -2.46. The number of piperazine rings is 1. The minimum Gasteiger partial charge on any atom is -0.368 e. The van der Waals surface area contributed by atoms with Crippen LogP contribution in [0.1, 0.15) is 5.56 Å². The molecule has 0 spiro atoms. The van der Waals surface area contributed by atoms with Gasteiger partial charge in [0.25, 0.3) is 0 Å². The van der Waals surface area contributed by atoms with E-state index in [4.69, 9.17) is 16.9 Å². The van der Waals surface area contributed by atoms with Gasteiger partial charge in [0, 0.05) is 37.3 Å². The van der Waals surface area contributed by atoms with Gasteiger partial charge in [-0.2, -0.15) is 10.4 Å². The fourth-order valence-electron chi connectivity index (χ4n) is 3.26. The van der Waals surface area contributed by atoms with E-state index in [0.29, 0.717) is 10.6 Å². The molecule has 5 nitrogen and oxygen atoms in total. The van der Waals surface area contributed by atoms with Gasteiger partial charge in [0.15, 0.2) is 0 Å². The van der Waals surface area contributed by atoms with Crippen molar-refractivity contribution in [3.8, 4) is 6.07 Å². The molecule has 2 aromatic carbocycles. The summed E-state index contributed by atoms with van der Waals surface area (Å²) in [5, 5.41) is 19.0. The summed E-state index contributed by atoms with van der Waals surface area (Å²) >= 11 is 6.24. The van der Waals surface area contributed by atoms with Crippen LogP contribution in [0.15, 0.2) is 48.7 Å². The molecular formula is C19H16ClN5. The van der Waals surface area contributed by atoms with E-state index in [9.17, 15) is 0 Å². The van der Waals surface area contributed by atoms with Crippen molar-refractivity contribution in [2.45, 2.75) is 0 Å². The second-order valence-corrected chi connectivity index (χ2v) is 6.41. The third kappa shape index (κ3) is 2.97. The van der Waals surface area contributed by atoms with Crippen molar-refractivity contribution in [3.05, 3.63) is 59.2 Å². The molecule has 3 aromatic rings. The van der Waals surface area contributed by atoms with Crippen LogP contribution in [-0.2, 0) is 0 Å². The average Bonchev–Trinajstić information content (AvgIpc) is 2.68. The number of hydrogen-bond donors (Lipinski definition) is 0. The third-order valence-corrected chi connectivity index (χ3v) is 4.87. The zero-order valence-corrected chi connectivity index (χ0v) is 14.3. The number of fused-ring (bicyclic) bond motifs is 1. The highest BCUT2D eigenvalue weighted by atomic mass is 35.5. The second kappa shape index (κ2) is 6.58. The normalized spacial score (nSPS) is 14.6. The summed E-state index contributed by atoms with van der Waals surface area (Å²) in [5.74, 6) is 0. The third-order valence-electron chi connectivity index (χ3n) is 4.56. The summed E-state index contributed by atoms with van der Waals surface area (Å²) in [6.45, 7) is 3.53. The number of anilines is 2. The van der Waals surface area contributed by atoms with E-state index in [1.165, 1.54) is 0 Å². The minimum absolute atomic E-state index is 0.624. The fraction of sp³-hybridized carbons (Fsp3) is 0.211. The molecular weight excluding hydrogens is 334 g/mol. The monoisotopic (exact) mass is 349 g/mol. The first-order valence-corrected chi connectivity index (χ1v) is 8.54. The molecule has 1 aromatic heterocycles. The summed E-state index contributed by atoms with van der Waals surface area (Å²) < 4.78 is 0. The van der Waals surface area contributed by atoms with Crippen LogP contribution in [0.3, 0.4) is 0 Å². The van der Waals surface area contributed by atoms with Crippen molar-refractivity contribution >= 4 is 33.9 Å². The van der Waals surface area contributed by atoms with E-state index >= 15 is 0 Å². The topological polar surface area (TPSA) is 56.1 Å². The Morgan fingerprint density at radius 2 is 1.76 bits per heavy atom. The number of halogens is 1. The Morgan fingerprint density at radius 3 is 2.56 bits per heavy atom. The van der Waals surface area contributed by atoms with E-state index in [2.05, 4.69) is 32.1 Å². The van der Waals surface area contributed by atoms with Crippen molar-refractivity contribution in [2.24, 2.45) is 0 Å². The van der Waals surface area contributed by atoms with Gasteiger partial charge in [0.1, 0.15) is 5.52 Å². The summed E-state index contributed by atoms with van der Waals surface area (Å²) in [6, 6.07) is 15.8. The van der Waals surface area contributed by atoms with E-state index < -0.39 is 0 Å². The molecule has 2 heterocycles. The Kier molecular flexibility index (Phi) is 4.12. The van der Waals surface area contributed by atoms with Gasteiger partial charge in [-0.3, -0.25) is 0 Å². The lowest BCUT2D eigenvalue weighted by Gasteiger charge is -2.37. The molecule has 0 aliphatic carbocycles. The highest BCUT2D eigenvalue weighted by Crippen LogP contribution is 2.30. The predicted molar refractivity (Wildman–Crippen MR) is 100 cm³/mol. The Bertz CT molecular complexity index is 957. The van der Waals surface area contributed by atoms with Crippen LogP contribution < -0.4 is 9.80 Å². The zero-order chi connectivity index (χ0) is 17.2. The average molecular weight is 350 g/mol. The van der Waals surface area contributed by atoms with Gasteiger partial charge in [-0.1, -0.05) is 29.8 Å². The molecule has 1 fully saturated rings. The highest BCUT2D eigenvalue weighted by molar-refractivity contribution is 6.35. The maximum atomic E-state index is 9.07. The molecule has 0 saturated carbocycles. The van der Waals surface area contributed by atoms with Gasteiger partial charge in [-0.15, -0.1) is 5.10 Å². The van der Waals surface area contributed by atoms with Crippen LogP contribution >= 0.6 is 11.6 Å². The van der Waals surface area contributed by atoms with Crippen LogP contribution in [0, 0.1) is 11.3 Å². The molecule has 6 heteroatoms. The molecule has 0 unspecified atom stereocenters. The Morgan fingerprint density at radius 1 is 1.00 bits per heavy atom. The quantitative estimate of drug-likeness (QED) is 0.709. The zero-order valence-electron chi connectivity index (χ0n) is 13.6. The first-order valence-electron chi connectivity index (χ1n) is 8.16. The molecule has 0 bridgehead atoms. The van der Waals surface area contributed by atoms with E-state index in [1.54, 1.807) is 0 Å². The van der Waals surface area contributed by atoms with E-state index in [-0.39, 0.29) is 0 Å². The summed E-state index contributed by atoms with van der Waals surface area (Å²) in [4.78, 5) is 4.62. The molecule has 1 saturated heterocycles. The van der Waals surface area contributed by atoms with Crippen LogP contribution in [0.4, 0.5) is 11.4 Å². The Hall–Kier alpha value is -2.84. The summed E-state index contributed by atoms with van der Waals surface area (Å²) in [5.41, 5.74) is 3.60. The first kappa shape index (κ1) is 15.7. The lowest BCUT2D eigenvalue weighted by atomic mass is 10.1. The predicted octanol–water partition coefficient (Wildman–Crippen LogP) is 3.48. The van der Waals surface area contributed by atoms with Gasteiger partial charge in [0.05, 0.1) is 28.5 Å². The lowest BCUT2D eigenvalue weighted by molar-refractivity contribution is 0.653. The van der Waals surface area contributed by atoms with Crippen LogP contribution in [0.25, 0.3) is 10.9 Å². The number of nitriles is 1. The van der Waals surface area contributed by atoms with Crippen molar-refractivity contribution in [3.63, 3.8) is 0 Å². The maximum absolute atomic E-state index is 9.07. The second-order valence-electron chi connectivity index (χ2n) is 6.00. The Balaban J connectivity index is 1.56. The minimum atomic E-state index is 0.624. The van der Waals surface area contributed by atoms with Gasteiger partial charge < -0.3 is 9.80 Å². The van der Waals surface area contributed by atoms with Crippen molar-refractivity contribution in [1.82, 2.24) is 10.2 Å². The fourth-order valence-corrected chi connectivity index (χ4v) is 3.48. The molecule has 25 heavy (non-hydrogen) atoms. The molecule has 124 valence electrons. The number of aromatic nitrogens is 2. The molecule has 0 atom stereocenters. The molecule has 1 aliphatic rings. The SMILES string of the molecule is N#Cc1cccc(N2CCN(c3cnnc4c(Cl)cccc34)CC2)c1. The summed E-state index contributed by atoms with van der Waals surface area (Å²) in [6.07, 6.45) is 1.81. The number of rotatable bonds is 2. The van der Waals surface area contributed by atoms with Gasteiger partial charge in [-0.05, 0) is 24.3 Å². The van der Waals surface area contributed by atoms with Gasteiger partial charge in [-0.25, -0.2) is 0 Å². The molecule has 1 aliphatic heterocycles. The highest BCUT2D eigenvalue weighted by Gasteiger charge is 2.20. The molecule has 0 amide bonds. The van der Waals surface area contributed by atoms with Crippen LogP contribution in [0.5, 0.6) is 0 Å². The van der Waals surface area contributed by atoms with Crippen molar-refractivity contribution in [2.75, 3.05) is 36.0 Å². The maximum Gasteiger partial charge on any atom is 0.114 e. The van der Waals surface area contributed by atoms with Crippen molar-refractivity contribution in [1.29, 1.82) is 5.26 Å². The van der Waals surface area contributed by atoms with Gasteiger partial charge >= 0.3 is 0 Å². The molecule has 0 N–H and O–H groups in total. The molecule has 0 radical (unpaired) electrons. The number of benzene rings is 2. The number of hydrogen-bond acceptors (Lipinski definition) is 5. The van der Waals surface area contributed by atoms with Crippen LogP contribution in [-0.4, -0.2) is 36.4 Å². The van der Waals surface area contributed by atoms with E-state index in [1.807, 2.05) is 42.6 Å². The summed E-state index contributed by atoms with van der Waals surface area (Å²) in [7, 11) is 0. The largest absolute Gasteiger partial charge is 0.368 e. The number of nitrogens with zero attached hydrogens (tertiary/aromatic N) is 5. The smallest absolute Gasteiger partial charge is 0.114 e. The first-order chi connectivity index (χ1) is 12.3. The standard InChI is InChI=1S/C19H16ClN5/c20-17-6-2-5-16-18(13-22-23-19(16)17)25-9-7-24(8-10-25)15-4-1-3-14(11-15)12-21/h1-6,11,13H,7-10H2. The van der Waals surface area contributed by atoms with Gasteiger partial charge in [0.2, 0.25) is 0 Å².